The van der Waals surface area contributed by atoms with E-state index in [1.165, 1.54) is 31.0 Å². The van der Waals surface area contributed by atoms with Crippen molar-refractivity contribution in [3.63, 3.8) is 0 Å². The molecule has 0 atom stereocenters. The van der Waals surface area contributed by atoms with Crippen LogP contribution < -0.4 is 0 Å². The van der Waals surface area contributed by atoms with E-state index in [4.69, 9.17) is 0 Å². The van der Waals surface area contributed by atoms with Crippen molar-refractivity contribution in [1.29, 1.82) is 0 Å². The van der Waals surface area contributed by atoms with E-state index in [2.05, 4.69) is 17.2 Å². The highest BCUT2D eigenvalue weighted by Crippen LogP contribution is 2.36. The van der Waals surface area contributed by atoms with E-state index in [0.717, 1.165) is 18.4 Å². The number of carbonyl (C=O) groups excluding carboxylic acids is 1. The van der Waals surface area contributed by atoms with E-state index >= 15 is 0 Å². The molecule has 1 aromatic carbocycles. The van der Waals surface area contributed by atoms with Gasteiger partial charge in [0, 0.05) is 18.7 Å². The van der Waals surface area contributed by atoms with Crippen LogP contribution in [-0.4, -0.2) is 44.8 Å². The average Bonchev–Trinajstić information content (AvgIpc) is 3.02. The van der Waals surface area contributed by atoms with Crippen LogP contribution in [0.3, 0.4) is 0 Å². The predicted molar refractivity (Wildman–Crippen MR) is 101 cm³/mol. The molecule has 6 nitrogen and oxygen atoms in total. The number of piperidine rings is 1. The van der Waals surface area contributed by atoms with Gasteiger partial charge in [0.1, 0.15) is 5.56 Å². The van der Waals surface area contributed by atoms with Gasteiger partial charge in [-0.25, -0.2) is 4.79 Å². The molecule has 2 fully saturated rings. The number of aromatic nitrogens is 2. The molecule has 0 bridgehead atoms. The lowest BCUT2D eigenvalue weighted by Crippen LogP contribution is -2.39. The van der Waals surface area contributed by atoms with E-state index in [1.54, 1.807) is 11.6 Å². The van der Waals surface area contributed by atoms with Gasteiger partial charge < -0.3 is 10.0 Å². The van der Waals surface area contributed by atoms with E-state index < -0.39 is 5.97 Å². The predicted octanol–water partition coefficient (Wildman–Crippen LogP) is 3.63. The number of rotatable bonds is 4. The summed E-state index contributed by atoms with van der Waals surface area (Å²) in [7, 11) is 0. The Balaban J connectivity index is 1.38. The molecule has 2 aromatic rings. The van der Waals surface area contributed by atoms with Crippen LogP contribution >= 0.6 is 0 Å². The van der Waals surface area contributed by atoms with Crippen molar-refractivity contribution in [2.75, 3.05) is 13.1 Å². The molecule has 0 spiro atoms. The zero-order valence-corrected chi connectivity index (χ0v) is 15.6. The van der Waals surface area contributed by atoms with Crippen molar-refractivity contribution < 1.29 is 14.7 Å². The third-order valence-electron chi connectivity index (χ3n) is 6.11. The summed E-state index contributed by atoms with van der Waals surface area (Å²) in [5.41, 5.74) is 3.03. The highest BCUT2D eigenvalue weighted by atomic mass is 16.4. The summed E-state index contributed by atoms with van der Waals surface area (Å²) in [4.78, 5) is 25.9. The van der Waals surface area contributed by atoms with Gasteiger partial charge in [0.25, 0.3) is 5.91 Å². The van der Waals surface area contributed by atoms with Gasteiger partial charge in [-0.1, -0.05) is 18.6 Å². The number of likely N-dealkylation sites (tertiary alicyclic amines) is 1. The standard InChI is InChI=1S/C21H25N3O3/c1-14-19(21(26)27)13-22-24(14)18-9-11-23(12-10-18)20(25)17-7-5-16(6-8-17)15-3-2-4-15/h5-8,13,15,18H,2-4,9-12H2,1H3,(H,26,27). The Morgan fingerprint density at radius 1 is 1.07 bits per heavy atom. The SMILES string of the molecule is Cc1c(C(=O)O)cnn1C1CCN(C(=O)c2ccc(C3CCC3)cc2)CC1. The fraction of sp³-hybridized carbons (Fsp3) is 0.476. The molecule has 142 valence electrons. The molecule has 1 saturated carbocycles. The lowest BCUT2D eigenvalue weighted by Gasteiger charge is -2.33. The Morgan fingerprint density at radius 3 is 2.26 bits per heavy atom. The van der Waals surface area contributed by atoms with Gasteiger partial charge in [0.05, 0.1) is 17.9 Å². The maximum Gasteiger partial charge on any atom is 0.339 e. The van der Waals surface area contributed by atoms with E-state index in [0.29, 0.717) is 24.7 Å². The molecule has 27 heavy (non-hydrogen) atoms. The van der Waals surface area contributed by atoms with Crippen molar-refractivity contribution in [1.82, 2.24) is 14.7 Å². The molecule has 1 aromatic heterocycles. The van der Waals surface area contributed by atoms with Crippen LogP contribution in [0.2, 0.25) is 0 Å². The van der Waals surface area contributed by atoms with Gasteiger partial charge in [0.2, 0.25) is 0 Å². The number of carboxylic acids is 1. The molecule has 6 heteroatoms. The number of hydrogen-bond acceptors (Lipinski definition) is 3. The number of aromatic carboxylic acids is 1. The molecule has 1 aliphatic carbocycles. The molecule has 1 N–H and O–H groups in total. The Kier molecular flexibility index (Phi) is 4.72. The lowest BCUT2D eigenvalue weighted by atomic mass is 9.80. The maximum atomic E-state index is 12.8. The van der Waals surface area contributed by atoms with E-state index in [-0.39, 0.29) is 17.5 Å². The summed E-state index contributed by atoms with van der Waals surface area (Å²) in [5.74, 6) is -0.188. The zero-order chi connectivity index (χ0) is 19.0. The Hall–Kier alpha value is -2.63. The fourth-order valence-corrected chi connectivity index (χ4v) is 4.14. The second-order valence-corrected chi connectivity index (χ2v) is 7.67. The Bertz CT molecular complexity index is 844. The van der Waals surface area contributed by atoms with Crippen molar-refractivity contribution in [2.45, 2.75) is 51.0 Å². The molecule has 4 rings (SSSR count). The molecule has 0 radical (unpaired) electrons. The van der Waals surface area contributed by atoms with Crippen LogP contribution in [0.5, 0.6) is 0 Å². The normalized spacial score (nSPS) is 18.3. The number of benzene rings is 1. The highest BCUT2D eigenvalue weighted by molar-refractivity contribution is 5.94. The van der Waals surface area contributed by atoms with Crippen molar-refractivity contribution >= 4 is 11.9 Å². The van der Waals surface area contributed by atoms with Gasteiger partial charge in [-0.15, -0.1) is 0 Å². The Labute approximate surface area is 158 Å². The number of amides is 1. The summed E-state index contributed by atoms with van der Waals surface area (Å²) in [6.07, 6.45) is 6.82. The monoisotopic (exact) mass is 367 g/mol. The summed E-state index contributed by atoms with van der Waals surface area (Å²) in [6, 6.07) is 8.26. The van der Waals surface area contributed by atoms with Crippen molar-refractivity contribution in [3.05, 3.63) is 52.8 Å². The summed E-state index contributed by atoms with van der Waals surface area (Å²) >= 11 is 0. The largest absolute Gasteiger partial charge is 0.478 e. The summed E-state index contributed by atoms with van der Waals surface area (Å²) in [6.45, 7) is 3.11. The smallest absolute Gasteiger partial charge is 0.339 e. The first-order valence-electron chi connectivity index (χ1n) is 9.71. The molecule has 2 heterocycles. The van der Waals surface area contributed by atoms with Gasteiger partial charge in [0.15, 0.2) is 0 Å². The number of carbonyl (C=O) groups is 2. The molecular weight excluding hydrogens is 342 g/mol. The second kappa shape index (κ2) is 7.18. The fourth-order valence-electron chi connectivity index (χ4n) is 4.14. The van der Waals surface area contributed by atoms with Gasteiger partial charge in [-0.2, -0.15) is 5.10 Å². The first-order valence-corrected chi connectivity index (χ1v) is 9.71. The molecule has 1 saturated heterocycles. The van der Waals surface area contributed by atoms with Crippen molar-refractivity contribution in [2.24, 2.45) is 0 Å². The lowest BCUT2D eigenvalue weighted by molar-refractivity contribution is 0.0688. The first kappa shape index (κ1) is 17.8. The molecule has 2 aliphatic rings. The maximum absolute atomic E-state index is 12.8. The highest BCUT2D eigenvalue weighted by Gasteiger charge is 2.27. The van der Waals surface area contributed by atoms with Crippen LogP contribution in [0.4, 0.5) is 0 Å². The number of hydrogen-bond donors (Lipinski definition) is 1. The number of carboxylic acid groups (broad SMARTS) is 1. The summed E-state index contributed by atoms with van der Waals surface area (Å²) in [5, 5.41) is 13.4. The van der Waals surface area contributed by atoms with Crippen LogP contribution in [-0.2, 0) is 0 Å². The Morgan fingerprint density at radius 2 is 1.74 bits per heavy atom. The van der Waals surface area contributed by atoms with Crippen LogP contribution in [0.1, 0.15) is 76.0 Å². The number of nitrogens with zero attached hydrogens (tertiary/aromatic N) is 3. The van der Waals surface area contributed by atoms with Crippen molar-refractivity contribution in [3.8, 4) is 0 Å². The van der Waals surface area contributed by atoms with Gasteiger partial charge in [-0.3, -0.25) is 9.48 Å². The topological polar surface area (TPSA) is 75.4 Å². The first-order chi connectivity index (χ1) is 13.0. The molecular formula is C21H25N3O3. The second-order valence-electron chi connectivity index (χ2n) is 7.67. The van der Waals surface area contributed by atoms with E-state index in [9.17, 15) is 14.7 Å². The van der Waals surface area contributed by atoms with Crippen LogP contribution in [0.25, 0.3) is 0 Å². The quantitative estimate of drug-likeness (QED) is 0.895. The third kappa shape index (κ3) is 3.36. The average molecular weight is 367 g/mol. The minimum absolute atomic E-state index is 0.0806. The zero-order valence-electron chi connectivity index (χ0n) is 15.6. The van der Waals surface area contributed by atoms with E-state index in [1.807, 2.05) is 17.0 Å². The van der Waals surface area contributed by atoms with Crippen LogP contribution in [0.15, 0.2) is 30.5 Å². The summed E-state index contributed by atoms with van der Waals surface area (Å²) < 4.78 is 1.80. The minimum Gasteiger partial charge on any atom is -0.478 e. The van der Waals surface area contributed by atoms with Gasteiger partial charge >= 0.3 is 5.97 Å². The third-order valence-corrected chi connectivity index (χ3v) is 6.11. The molecule has 1 amide bonds. The molecule has 0 unspecified atom stereocenters. The molecule has 1 aliphatic heterocycles. The van der Waals surface area contributed by atoms with Gasteiger partial charge in [-0.05, 0) is 56.2 Å². The van der Waals surface area contributed by atoms with Crippen LogP contribution in [0, 0.1) is 6.92 Å². The minimum atomic E-state index is -0.947.